The van der Waals surface area contributed by atoms with Crippen molar-refractivity contribution in [3.8, 4) is 0 Å². The quantitative estimate of drug-likeness (QED) is 0.683. The Balaban J connectivity index is 1.72. The first-order valence-corrected chi connectivity index (χ1v) is 9.09. The van der Waals surface area contributed by atoms with Crippen LogP contribution >= 0.6 is 15.9 Å². The average molecular weight is 443 g/mol. The second kappa shape index (κ2) is 7.75. The zero-order valence-electron chi connectivity index (χ0n) is 14.8. The molecule has 0 saturated carbocycles. The van der Waals surface area contributed by atoms with Gasteiger partial charge in [0.05, 0.1) is 0 Å². The lowest BCUT2D eigenvalue weighted by Gasteiger charge is -2.35. The number of benzene rings is 1. The SMILES string of the molecule is CN(C)c1cc(Br)cc(C(=O)N2CCN(c3nc(F)c(F)cc3F)CC2)c1. The topological polar surface area (TPSA) is 39.7 Å². The molecule has 0 N–H and O–H groups in total. The first kappa shape index (κ1) is 19.5. The fraction of sp³-hybridized carbons (Fsp3) is 0.333. The maximum absolute atomic E-state index is 13.9. The van der Waals surface area contributed by atoms with Crippen molar-refractivity contribution in [2.24, 2.45) is 0 Å². The molecule has 0 radical (unpaired) electrons. The van der Waals surface area contributed by atoms with E-state index in [1.54, 1.807) is 17.0 Å². The molecule has 9 heteroatoms. The smallest absolute Gasteiger partial charge is 0.254 e. The standard InChI is InChI=1S/C18H18BrF3N4O/c1-24(2)13-8-11(7-12(19)9-13)18(27)26-5-3-25(4-6-26)17-15(21)10-14(20)16(22)23-17/h7-10H,3-6H2,1-2H3. The van der Waals surface area contributed by atoms with Crippen LogP contribution in [-0.4, -0.2) is 56.1 Å². The van der Waals surface area contributed by atoms with Gasteiger partial charge in [0, 0.05) is 62.1 Å². The highest BCUT2D eigenvalue weighted by atomic mass is 79.9. The van der Waals surface area contributed by atoms with Crippen LogP contribution in [0.15, 0.2) is 28.7 Å². The molecule has 144 valence electrons. The highest BCUT2D eigenvalue weighted by Crippen LogP contribution is 2.24. The Morgan fingerprint density at radius 3 is 2.33 bits per heavy atom. The van der Waals surface area contributed by atoms with Crippen LogP contribution in [0.4, 0.5) is 24.7 Å². The first-order valence-electron chi connectivity index (χ1n) is 8.30. The molecule has 5 nitrogen and oxygen atoms in total. The Morgan fingerprint density at radius 1 is 1.04 bits per heavy atom. The summed E-state index contributed by atoms with van der Waals surface area (Å²) < 4.78 is 41.1. The van der Waals surface area contributed by atoms with Crippen LogP contribution in [0.25, 0.3) is 0 Å². The number of amides is 1. The third-order valence-corrected chi connectivity index (χ3v) is 4.84. The number of piperazine rings is 1. The van der Waals surface area contributed by atoms with Crippen LogP contribution in [0.5, 0.6) is 0 Å². The van der Waals surface area contributed by atoms with Gasteiger partial charge in [0.2, 0.25) is 0 Å². The molecule has 1 fully saturated rings. The molecule has 3 rings (SSSR count). The molecular formula is C18H18BrF3N4O. The molecule has 0 atom stereocenters. The van der Waals surface area contributed by atoms with Crippen LogP contribution in [0.1, 0.15) is 10.4 Å². The number of anilines is 2. The van der Waals surface area contributed by atoms with Crippen LogP contribution in [-0.2, 0) is 0 Å². The van der Waals surface area contributed by atoms with E-state index >= 15 is 0 Å². The second-order valence-corrected chi connectivity index (χ2v) is 7.35. The Bertz CT molecular complexity index is 870. The second-order valence-electron chi connectivity index (χ2n) is 6.44. The molecule has 2 aromatic rings. The van der Waals surface area contributed by atoms with E-state index in [1.165, 1.54) is 4.90 Å². The molecule has 0 aliphatic carbocycles. The van der Waals surface area contributed by atoms with Crippen molar-refractivity contribution >= 4 is 33.3 Å². The number of nitrogens with zero attached hydrogens (tertiary/aromatic N) is 4. The van der Waals surface area contributed by atoms with Crippen molar-refractivity contribution < 1.29 is 18.0 Å². The van der Waals surface area contributed by atoms with Crippen molar-refractivity contribution in [2.45, 2.75) is 0 Å². The van der Waals surface area contributed by atoms with Gasteiger partial charge in [-0.1, -0.05) is 15.9 Å². The van der Waals surface area contributed by atoms with Gasteiger partial charge in [-0.2, -0.15) is 9.37 Å². The number of hydrogen-bond acceptors (Lipinski definition) is 4. The Morgan fingerprint density at radius 2 is 1.70 bits per heavy atom. The van der Waals surface area contributed by atoms with Crippen molar-refractivity contribution in [3.63, 3.8) is 0 Å². The molecular weight excluding hydrogens is 425 g/mol. The van der Waals surface area contributed by atoms with Crippen molar-refractivity contribution in [1.29, 1.82) is 0 Å². The lowest BCUT2D eigenvalue weighted by atomic mass is 10.1. The normalized spacial score (nSPS) is 14.4. The van der Waals surface area contributed by atoms with E-state index in [9.17, 15) is 18.0 Å². The van der Waals surface area contributed by atoms with E-state index in [-0.39, 0.29) is 24.8 Å². The zero-order valence-corrected chi connectivity index (χ0v) is 16.4. The minimum Gasteiger partial charge on any atom is -0.378 e. The fourth-order valence-corrected chi connectivity index (χ4v) is 3.40. The van der Waals surface area contributed by atoms with Crippen molar-refractivity contribution in [1.82, 2.24) is 9.88 Å². The van der Waals surface area contributed by atoms with Gasteiger partial charge in [0.15, 0.2) is 17.5 Å². The third-order valence-electron chi connectivity index (χ3n) is 4.38. The third kappa shape index (κ3) is 4.18. The molecule has 1 aromatic heterocycles. The minimum absolute atomic E-state index is 0.141. The molecule has 0 unspecified atom stereocenters. The molecule has 1 aliphatic rings. The number of rotatable bonds is 3. The van der Waals surface area contributed by atoms with Gasteiger partial charge < -0.3 is 14.7 Å². The maximum atomic E-state index is 13.9. The van der Waals surface area contributed by atoms with Crippen LogP contribution < -0.4 is 9.80 Å². The highest BCUT2D eigenvalue weighted by Gasteiger charge is 2.26. The fourth-order valence-electron chi connectivity index (χ4n) is 2.92. The summed E-state index contributed by atoms with van der Waals surface area (Å²) in [6, 6.07) is 5.94. The minimum atomic E-state index is -1.34. The molecule has 1 saturated heterocycles. The number of carbonyl (C=O) groups is 1. The van der Waals surface area contributed by atoms with Crippen LogP contribution in [0, 0.1) is 17.6 Å². The van der Waals surface area contributed by atoms with E-state index in [1.807, 2.05) is 25.1 Å². The predicted octanol–water partition coefficient (Wildman–Crippen LogP) is 3.29. The largest absolute Gasteiger partial charge is 0.378 e. The summed E-state index contributed by atoms with van der Waals surface area (Å²) in [5.41, 5.74) is 1.43. The number of carbonyl (C=O) groups excluding carboxylic acids is 1. The lowest BCUT2D eigenvalue weighted by molar-refractivity contribution is 0.0746. The summed E-state index contributed by atoms with van der Waals surface area (Å²) in [5.74, 6) is -3.96. The van der Waals surface area contributed by atoms with Gasteiger partial charge in [-0.25, -0.2) is 8.78 Å². The highest BCUT2D eigenvalue weighted by molar-refractivity contribution is 9.10. The molecule has 1 amide bonds. The Kier molecular flexibility index (Phi) is 5.59. The summed E-state index contributed by atoms with van der Waals surface area (Å²) in [7, 11) is 3.77. The molecule has 0 bridgehead atoms. The molecule has 1 aliphatic heterocycles. The number of hydrogen-bond donors (Lipinski definition) is 0. The zero-order chi connectivity index (χ0) is 19.7. The van der Waals surface area contributed by atoms with Crippen LogP contribution in [0.3, 0.4) is 0 Å². The summed E-state index contributed by atoms with van der Waals surface area (Å²) in [6.07, 6.45) is 0. The predicted molar refractivity (Wildman–Crippen MR) is 101 cm³/mol. The van der Waals surface area contributed by atoms with Crippen molar-refractivity contribution in [2.75, 3.05) is 50.1 Å². The Labute approximate surface area is 163 Å². The number of pyridine rings is 1. The van der Waals surface area contributed by atoms with E-state index in [0.29, 0.717) is 24.7 Å². The van der Waals surface area contributed by atoms with E-state index in [4.69, 9.17) is 0 Å². The van der Waals surface area contributed by atoms with Gasteiger partial charge in [-0.3, -0.25) is 4.79 Å². The molecule has 27 heavy (non-hydrogen) atoms. The first-order chi connectivity index (χ1) is 12.8. The summed E-state index contributed by atoms with van der Waals surface area (Å²) in [5, 5.41) is 0. The van der Waals surface area contributed by atoms with Crippen LogP contribution in [0.2, 0.25) is 0 Å². The maximum Gasteiger partial charge on any atom is 0.254 e. The molecule has 1 aromatic carbocycles. The van der Waals surface area contributed by atoms with E-state index in [2.05, 4.69) is 20.9 Å². The number of halogens is 4. The van der Waals surface area contributed by atoms with Gasteiger partial charge in [0.1, 0.15) is 0 Å². The monoisotopic (exact) mass is 442 g/mol. The van der Waals surface area contributed by atoms with E-state index in [0.717, 1.165) is 10.2 Å². The van der Waals surface area contributed by atoms with Crippen molar-refractivity contribution in [3.05, 3.63) is 51.9 Å². The lowest BCUT2D eigenvalue weighted by Crippen LogP contribution is -2.49. The van der Waals surface area contributed by atoms with Gasteiger partial charge >= 0.3 is 0 Å². The average Bonchev–Trinajstić information content (AvgIpc) is 2.63. The van der Waals surface area contributed by atoms with Gasteiger partial charge in [-0.05, 0) is 18.2 Å². The van der Waals surface area contributed by atoms with E-state index < -0.39 is 17.6 Å². The molecule has 2 heterocycles. The molecule has 0 spiro atoms. The summed E-state index contributed by atoms with van der Waals surface area (Å²) in [6.45, 7) is 1.19. The summed E-state index contributed by atoms with van der Waals surface area (Å²) >= 11 is 3.41. The summed E-state index contributed by atoms with van der Waals surface area (Å²) in [4.78, 5) is 21.2. The Hall–Kier alpha value is -2.29. The number of aromatic nitrogens is 1. The van der Waals surface area contributed by atoms with Gasteiger partial charge in [-0.15, -0.1) is 0 Å². The van der Waals surface area contributed by atoms with Gasteiger partial charge in [0.25, 0.3) is 11.9 Å².